The van der Waals surface area contributed by atoms with Crippen molar-refractivity contribution < 1.29 is 0 Å². The van der Waals surface area contributed by atoms with Gasteiger partial charge in [-0.05, 0) is 76.7 Å². The minimum Gasteiger partial charge on any atom is -0.256 e. The molecule has 0 spiro atoms. The standard InChI is InChI=1S/C33H30N2/c1-4-24-19-27(21-28(20-24)32-16-6-8-18-35-32)25-11-9-13-29(22-25)33(2,3)30-14-10-12-26(23-30)31-15-5-7-17-34-31/h5-23H,4H2,1-3H3. The highest BCUT2D eigenvalue weighted by molar-refractivity contribution is 5.73. The van der Waals surface area contributed by atoms with Crippen LogP contribution in [0.4, 0.5) is 0 Å². The summed E-state index contributed by atoms with van der Waals surface area (Å²) in [7, 11) is 0. The summed E-state index contributed by atoms with van der Waals surface area (Å²) in [5, 5.41) is 0. The van der Waals surface area contributed by atoms with E-state index in [9.17, 15) is 0 Å². The summed E-state index contributed by atoms with van der Waals surface area (Å²) < 4.78 is 0. The van der Waals surface area contributed by atoms with Crippen LogP contribution in [-0.2, 0) is 11.8 Å². The fourth-order valence-corrected chi connectivity index (χ4v) is 4.60. The van der Waals surface area contributed by atoms with E-state index in [0.29, 0.717) is 0 Å². The van der Waals surface area contributed by atoms with Gasteiger partial charge in [-0.15, -0.1) is 0 Å². The van der Waals surface area contributed by atoms with Crippen LogP contribution < -0.4 is 0 Å². The van der Waals surface area contributed by atoms with Crippen molar-refractivity contribution in [3.63, 3.8) is 0 Å². The molecule has 5 rings (SSSR count). The Kier molecular flexibility index (Phi) is 6.29. The summed E-state index contributed by atoms with van der Waals surface area (Å²) in [6.45, 7) is 6.80. The lowest BCUT2D eigenvalue weighted by atomic mass is 9.76. The van der Waals surface area contributed by atoms with E-state index >= 15 is 0 Å². The summed E-state index contributed by atoms with van der Waals surface area (Å²) in [5.74, 6) is 0. The lowest BCUT2D eigenvalue weighted by molar-refractivity contribution is 0.641. The van der Waals surface area contributed by atoms with Crippen molar-refractivity contribution in [2.75, 3.05) is 0 Å². The zero-order valence-corrected chi connectivity index (χ0v) is 20.6. The predicted octanol–water partition coefficient (Wildman–Crippen LogP) is 8.37. The molecule has 0 N–H and O–H groups in total. The number of rotatable bonds is 6. The maximum absolute atomic E-state index is 4.58. The van der Waals surface area contributed by atoms with Gasteiger partial charge in [0.1, 0.15) is 0 Å². The van der Waals surface area contributed by atoms with E-state index in [-0.39, 0.29) is 5.41 Å². The van der Waals surface area contributed by atoms with Gasteiger partial charge < -0.3 is 0 Å². The van der Waals surface area contributed by atoms with Gasteiger partial charge in [0.15, 0.2) is 0 Å². The Morgan fingerprint density at radius 2 is 1.11 bits per heavy atom. The maximum atomic E-state index is 4.58. The van der Waals surface area contributed by atoms with Crippen molar-refractivity contribution in [2.45, 2.75) is 32.6 Å². The van der Waals surface area contributed by atoms with Crippen LogP contribution in [0.2, 0.25) is 0 Å². The van der Waals surface area contributed by atoms with Gasteiger partial charge in [0.25, 0.3) is 0 Å². The van der Waals surface area contributed by atoms with Crippen LogP contribution in [0.15, 0.2) is 116 Å². The average molecular weight is 455 g/mol. The largest absolute Gasteiger partial charge is 0.256 e. The van der Waals surface area contributed by atoms with Crippen molar-refractivity contribution in [3.8, 4) is 33.6 Å². The number of aryl methyl sites for hydroxylation is 1. The molecule has 2 heterocycles. The second-order valence-corrected chi connectivity index (χ2v) is 9.49. The molecule has 0 amide bonds. The fourth-order valence-electron chi connectivity index (χ4n) is 4.60. The number of hydrogen-bond donors (Lipinski definition) is 0. The van der Waals surface area contributed by atoms with Crippen LogP contribution in [0.25, 0.3) is 33.6 Å². The van der Waals surface area contributed by atoms with Crippen LogP contribution in [0.1, 0.15) is 37.5 Å². The van der Waals surface area contributed by atoms with Gasteiger partial charge >= 0.3 is 0 Å². The van der Waals surface area contributed by atoms with Gasteiger partial charge in [-0.1, -0.05) is 81.4 Å². The van der Waals surface area contributed by atoms with Gasteiger partial charge in [-0.25, -0.2) is 0 Å². The first-order chi connectivity index (χ1) is 17.0. The smallest absolute Gasteiger partial charge is 0.0702 e. The van der Waals surface area contributed by atoms with Crippen LogP contribution in [-0.4, -0.2) is 9.97 Å². The molecule has 0 radical (unpaired) electrons. The minimum atomic E-state index is -0.160. The van der Waals surface area contributed by atoms with Crippen LogP contribution in [0.3, 0.4) is 0 Å². The lowest BCUT2D eigenvalue weighted by Gasteiger charge is -2.27. The average Bonchev–Trinajstić information content (AvgIpc) is 2.94. The van der Waals surface area contributed by atoms with Crippen LogP contribution >= 0.6 is 0 Å². The molecule has 35 heavy (non-hydrogen) atoms. The zero-order chi connectivity index (χ0) is 24.3. The predicted molar refractivity (Wildman–Crippen MR) is 146 cm³/mol. The summed E-state index contributed by atoms with van der Waals surface area (Å²) >= 11 is 0. The summed E-state index contributed by atoms with van der Waals surface area (Å²) in [6.07, 6.45) is 4.69. The third-order valence-electron chi connectivity index (χ3n) is 6.82. The molecule has 3 aromatic carbocycles. The normalized spacial score (nSPS) is 11.4. The van der Waals surface area contributed by atoms with Crippen molar-refractivity contribution in [1.29, 1.82) is 0 Å². The Morgan fingerprint density at radius 3 is 1.71 bits per heavy atom. The molecular weight excluding hydrogens is 424 g/mol. The molecule has 2 nitrogen and oxygen atoms in total. The molecule has 2 aromatic heterocycles. The van der Waals surface area contributed by atoms with E-state index in [1.807, 2.05) is 36.7 Å². The number of hydrogen-bond acceptors (Lipinski definition) is 2. The van der Waals surface area contributed by atoms with Gasteiger partial charge in [0.2, 0.25) is 0 Å². The molecule has 0 unspecified atom stereocenters. The van der Waals surface area contributed by atoms with E-state index in [1.165, 1.54) is 27.8 Å². The molecule has 2 heteroatoms. The van der Waals surface area contributed by atoms with E-state index in [2.05, 4.69) is 110 Å². The highest BCUT2D eigenvalue weighted by Crippen LogP contribution is 2.36. The molecule has 0 saturated carbocycles. The maximum Gasteiger partial charge on any atom is 0.0702 e. The molecule has 0 bridgehead atoms. The topological polar surface area (TPSA) is 25.8 Å². The zero-order valence-electron chi connectivity index (χ0n) is 20.6. The first-order valence-corrected chi connectivity index (χ1v) is 12.2. The van der Waals surface area contributed by atoms with Crippen molar-refractivity contribution in [2.24, 2.45) is 0 Å². The van der Waals surface area contributed by atoms with Gasteiger partial charge in [-0.3, -0.25) is 9.97 Å². The van der Waals surface area contributed by atoms with E-state index in [1.54, 1.807) is 0 Å². The first kappa shape index (κ1) is 22.7. The number of benzene rings is 3. The molecule has 0 aliphatic rings. The molecule has 5 aromatic rings. The first-order valence-electron chi connectivity index (χ1n) is 12.2. The lowest BCUT2D eigenvalue weighted by Crippen LogP contribution is -2.19. The number of pyridine rings is 2. The highest BCUT2D eigenvalue weighted by atomic mass is 14.7. The van der Waals surface area contributed by atoms with Crippen LogP contribution in [0.5, 0.6) is 0 Å². The third-order valence-corrected chi connectivity index (χ3v) is 6.82. The Labute approximate surface area is 208 Å². The fraction of sp³-hybridized carbons (Fsp3) is 0.152. The third kappa shape index (κ3) is 4.79. The monoisotopic (exact) mass is 454 g/mol. The van der Waals surface area contributed by atoms with Crippen molar-refractivity contribution >= 4 is 0 Å². The summed E-state index contributed by atoms with van der Waals surface area (Å²) in [6, 6.07) is 36.7. The molecule has 0 fully saturated rings. The number of nitrogens with zero attached hydrogens (tertiary/aromatic N) is 2. The van der Waals surface area contributed by atoms with E-state index in [0.717, 1.165) is 28.9 Å². The Morgan fingerprint density at radius 1 is 0.543 bits per heavy atom. The van der Waals surface area contributed by atoms with Crippen molar-refractivity contribution in [3.05, 3.63) is 132 Å². The molecule has 172 valence electrons. The quantitative estimate of drug-likeness (QED) is 0.257. The van der Waals surface area contributed by atoms with Crippen molar-refractivity contribution in [1.82, 2.24) is 9.97 Å². The van der Waals surface area contributed by atoms with Crippen LogP contribution in [0, 0.1) is 0 Å². The van der Waals surface area contributed by atoms with Gasteiger partial charge in [-0.2, -0.15) is 0 Å². The Hall–Kier alpha value is -4.04. The second kappa shape index (κ2) is 9.68. The second-order valence-electron chi connectivity index (χ2n) is 9.49. The Balaban J connectivity index is 1.54. The van der Waals surface area contributed by atoms with Gasteiger partial charge in [0.05, 0.1) is 11.4 Å². The number of aromatic nitrogens is 2. The summed E-state index contributed by atoms with van der Waals surface area (Å²) in [4.78, 5) is 9.13. The molecule has 0 saturated heterocycles. The molecule has 0 atom stereocenters. The minimum absolute atomic E-state index is 0.160. The van der Waals surface area contributed by atoms with E-state index in [4.69, 9.17) is 0 Å². The summed E-state index contributed by atoms with van der Waals surface area (Å²) in [5.41, 5.74) is 10.5. The SMILES string of the molecule is CCc1cc(-c2cccc(C(C)(C)c3cccc(-c4ccccn4)c3)c2)cc(-c2ccccn2)c1. The highest BCUT2D eigenvalue weighted by Gasteiger charge is 2.24. The van der Waals surface area contributed by atoms with E-state index < -0.39 is 0 Å². The molecule has 0 aliphatic carbocycles. The molecule has 0 aliphatic heterocycles. The molecular formula is C33H30N2. The van der Waals surface area contributed by atoms with Gasteiger partial charge in [0, 0.05) is 28.9 Å². The Bertz CT molecular complexity index is 1440.